The highest BCUT2D eigenvalue weighted by molar-refractivity contribution is 5.85. The zero-order valence-electron chi connectivity index (χ0n) is 14.0. The van der Waals surface area contributed by atoms with Gasteiger partial charge in [0.15, 0.2) is 0 Å². The lowest BCUT2D eigenvalue weighted by Crippen LogP contribution is -2.43. The van der Waals surface area contributed by atoms with E-state index in [1.165, 1.54) is 5.56 Å². The number of hydrogen-bond acceptors (Lipinski definition) is 2. The van der Waals surface area contributed by atoms with Gasteiger partial charge in [-0.25, -0.2) is 0 Å². The Labute approximate surface area is 142 Å². The number of nitrogens with zero attached hydrogens (tertiary/aromatic N) is 1. The third-order valence-electron chi connectivity index (χ3n) is 6.49. The second-order valence-corrected chi connectivity index (χ2v) is 7.97. The third-order valence-corrected chi connectivity index (χ3v) is 6.49. The van der Waals surface area contributed by atoms with E-state index in [2.05, 4.69) is 12.1 Å². The molecule has 3 unspecified atom stereocenters. The number of hydrogen-bond donors (Lipinski definition) is 1. The van der Waals surface area contributed by atoms with E-state index >= 15 is 0 Å². The number of benzene rings is 1. The van der Waals surface area contributed by atoms with Crippen molar-refractivity contribution >= 4 is 11.9 Å². The van der Waals surface area contributed by atoms with Gasteiger partial charge in [0.1, 0.15) is 0 Å². The lowest BCUT2D eigenvalue weighted by Gasteiger charge is -2.35. The lowest BCUT2D eigenvalue weighted by molar-refractivity contribution is -0.153. The van der Waals surface area contributed by atoms with Crippen LogP contribution in [0.25, 0.3) is 0 Å². The smallest absolute Gasteiger partial charge is 0.307 e. The molecule has 0 bridgehead atoms. The van der Waals surface area contributed by atoms with E-state index in [-0.39, 0.29) is 17.2 Å². The molecule has 24 heavy (non-hydrogen) atoms. The van der Waals surface area contributed by atoms with E-state index in [1.54, 1.807) is 0 Å². The van der Waals surface area contributed by atoms with Crippen LogP contribution in [0.3, 0.4) is 0 Å². The summed E-state index contributed by atoms with van der Waals surface area (Å²) in [4.78, 5) is 26.6. The molecule has 3 fully saturated rings. The molecule has 4 rings (SSSR count). The van der Waals surface area contributed by atoms with Crippen LogP contribution in [-0.4, -0.2) is 35.0 Å². The molecule has 1 N–H and O–H groups in total. The van der Waals surface area contributed by atoms with Gasteiger partial charge in [0.05, 0.1) is 11.8 Å². The van der Waals surface area contributed by atoms with Gasteiger partial charge in [-0.2, -0.15) is 0 Å². The Kier molecular flexibility index (Phi) is 3.86. The van der Waals surface area contributed by atoms with E-state index in [4.69, 9.17) is 0 Å². The molecule has 1 aliphatic heterocycles. The Bertz CT molecular complexity index is 638. The first-order valence-electron chi connectivity index (χ1n) is 9.15. The molecule has 1 heterocycles. The van der Waals surface area contributed by atoms with E-state index < -0.39 is 11.9 Å². The maximum atomic E-state index is 13.0. The van der Waals surface area contributed by atoms with Crippen LogP contribution in [-0.2, 0) is 9.59 Å². The van der Waals surface area contributed by atoms with E-state index in [1.807, 2.05) is 23.1 Å². The number of aliphatic carboxylic acids is 1. The molecule has 1 amide bonds. The highest BCUT2D eigenvalue weighted by Crippen LogP contribution is 2.59. The molecular formula is C20H25NO3. The SMILES string of the molecule is O=C(O)C1CC2(CCC1C(=O)N1CCC(c3ccccc3)C1)CC2. The van der Waals surface area contributed by atoms with Crippen molar-refractivity contribution in [1.29, 1.82) is 0 Å². The Morgan fingerprint density at radius 2 is 1.79 bits per heavy atom. The predicted octanol–water partition coefficient (Wildman–Crippen LogP) is 3.28. The van der Waals surface area contributed by atoms with Crippen LogP contribution in [0, 0.1) is 17.3 Å². The average molecular weight is 327 g/mol. The van der Waals surface area contributed by atoms with Gasteiger partial charge in [-0.1, -0.05) is 30.3 Å². The number of amides is 1. The molecule has 1 aromatic carbocycles. The molecule has 3 aliphatic rings. The van der Waals surface area contributed by atoms with E-state index in [0.29, 0.717) is 12.3 Å². The zero-order chi connectivity index (χ0) is 16.7. The molecule has 128 valence electrons. The van der Waals surface area contributed by atoms with Crippen molar-refractivity contribution in [3.8, 4) is 0 Å². The predicted molar refractivity (Wildman–Crippen MR) is 90.5 cm³/mol. The number of carboxylic acids is 1. The van der Waals surface area contributed by atoms with Gasteiger partial charge in [-0.3, -0.25) is 9.59 Å². The summed E-state index contributed by atoms with van der Waals surface area (Å²) in [5, 5.41) is 9.62. The van der Waals surface area contributed by atoms with E-state index in [0.717, 1.165) is 45.2 Å². The summed E-state index contributed by atoms with van der Waals surface area (Å²) >= 11 is 0. The first-order valence-corrected chi connectivity index (χ1v) is 9.15. The molecule has 4 nitrogen and oxygen atoms in total. The van der Waals surface area contributed by atoms with Crippen molar-refractivity contribution in [3.05, 3.63) is 35.9 Å². The molecule has 1 aromatic rings. The summed E-state index contributed by atoms with van der Waals surface area (Å²) in [5.41, 5.74) is 1.54. The van der Waals surface area contributed by atoms with Gasteiger partial charge in [0, 0.05) is 19.0 Å². The zero-order valence-corrected chi connectivity index (χ0v) is 14.0. The van der Waals surface area contributed by atoms with Crippen molar-refractivity contribution in [2.24, 2.45) is 17.3 Å². The Hall–Kier alpha value is -1.84. The molecule has 2 aliphatic carbocycles. The van der Waals surface area contributed by atoms with Gasteiger partial charge < -0.3 is 10.0 Å². The van der Waals surface area contributed by atoms with Crippen molar-refractivity contribution in [1.82, 2.24) is 4.90 Å². The number of likely N-dealkylation sites (tertiary alicyclic amines) is 1. The summed E-state index contributed by atoms with van der Waals surface area (Å²) in [7, 11) is 0. The second-order valence-electron chi connectivity index (χ2n) is 7.97. The molecular weight excluding hydrogens is 302 g/mol. The normalized spacial score (nSPS) is 31.2. The monoisotopic (exact) mass is 327 g/mol. The fourth-order valence-electron chi connectivity index (χ4n) is 4.75. The average Bonchev–Trinajstić information content (AvgIpc) is 3.16. The fraction of sp³-hybridized carbons (Fsp3) is 0.600. The molecule has 2 saturated carbocycles. The Morgan fingerprint density at radius 3 is 2.46 bits per heavy atom. The van der Waals surface area contributed by atoms with Gasteiger partial charge >= 0.3 is 5.97 Å². The van der Waals surface area contributed by atoms with Crippen LogP contribution in [0.1, 0.15) is 50.0 Å². The van der Waals surface area contributed by atoms with Crippen molar-refractivity contribution in [3.63, 3.8) is 0 Å². The second kappa shape index (κ2) is 5.91. The van der Waals surface area contributed by atoms with Crippen LogP contribution >= 0.6 is 0 Å². The summed E-state index contributed by atoms with van der Waals surface area (Å²) in [6.45, 7) is 1.49. The van der Waals surface area contributed by atoms with Crippen LogP contribution in [0.4, 0.5) is 0 Å². The standard InChI is InChI=1S/C20H25NO3/c22-18(16-6-8-20(9-10-20)12-17(16)19(23)24)21-11-7-15(13-21)14-4-2-1-3-5-14/h1-5,15-17H,6-13H2,(H,23,24). The van der Waals surface area contributed by atoms with Crippen LogP contribution in [0.5, 0.6) is 0 Å². The minimum atomic E-state index is -0.780. The molecule has 1 saturated heterocycles. The number of carboxylic acid groups (broad SMARTS) is 1. The van der Waals surface area contributed by atoms with Crippen molar-refractivity contribution in [2.75, 3.05) is 13.1 Å². The largest absolute Gasteiger partial charge is 0.481 e. The van der Waals surface area contributed by atoms with Crippen molar-refractivity contribution < 1.29 is 14.7 Å². The van der Waals surface area contributed by atoms with Crippen LogP contribution in [0.2, 0.25) is 0 Å². The summed E-state index contributed by atoms with van der Waals surface area (Å²) in [5.74, 6) is -1.11. The minimum Gasteiger partial charge on any atom is -0.481 e. The third kappa shape index (κ3) is 2.83. The topological polar surface area (TPSA) is 57.6 Å². The van der Waals surface area contributed by atoms with Gasteiger partial charge in [0.2, 0.25) is 5.91 Å². The van der Waals surface area contributed by atoms with Crippen LogP contribution < -0.4 is 0 Å². The first-order chi connectivity index (χ1) is 11.6. The highest BCUT2D eigenvalue weighted by Gasteiger charge is 2.53. The van der Waals surface area contributed by atoms with Gasteiger partial charge in [0.25, 0.3) is 0 Å². The van der Waals surface area contributed by atoms with E-state index in [9.17, 15) is 14.7 Å². The Morgan fingerprint density at radius 1 is 1.04 bits per heavy atom. The summed E-state index contributed by atoms with van der Waals surface area (Å²) in [6, 6.07) is 10.3. The van der Waals surface area contributed by atoms with Crippen molar-refractivity contribution in [2.45, 2.75) is 44.4 Å². The number of carbonyl (C=O) groups excluding carboxylic acids is 1. The molecule has 3 atom stereocenters. The summed E-state index contributed by atoms with van der Waals surface area (Å²) < 4.78 is 0. The quantitative estimate of drug-likeness (QED) is 0.927. The van der Waals surface area contributed by atoms with Gasteiger partial charge in [-0.15, -0.1) is 0 Å². The molecule has 0 aromatic heterocycles. The first kappa shape index (κ1) is 15.7. The fourth-order valence-corrected chi connectivity index (χ4v) is 4.75. The molecule has 0 radical (unpaired) electrons. The number of carbonyl (C=O) groups is 2. The lowest BCUT2D eigenvalue weighted by atomic mass is 9.71. The number of rotatable bonds is 3. The maximum Gasteiger partial charge on any atom is 0.307 e. The van der Waals surface area contributed by atoms with Gasteiger partial charge in [-0.05, 0) is 49.5 Å². The maximum absolute atomic E-state index is 13.0. The minimum absolute atomic E-state index is 0.0799. The summed E-state index contributed by atoms with van der Waals surface area (Å²) in [6.07, 6.45) is 5.76. The molecule has 1 spiro atoms. The van der Waals surface area contributed by atoms with Crippen LogP contribution in [0.15, 0.2) is 30.3 Å². The Balaban J connectivity index is 1.44. The molecule has 4 heteroatoms. The highest BCUT2D eigenvalue weighted by atomic mass is 16.4.